The molecule has 0 saturated heterocycles. The van der Waals surface area contributed by atoms with Crippen molar-refractivity contribution in [3.8, 4) is 17.2 Å². The van der Waals surface area contributed by atoms with Crippen molar-refractivity contribution in [3.05, 3.63) is 72.8 Å². The average Bonchev–Trinajstić information content (AvgIpc) is 2.72. The maximum absolute atomic E-state index is 12.3. The van der Waals surface area contributed by atoms with Crippen molar-refractivity contribution in [2.45, 2.75) is 41.9 Å². The number of rotatable bonds is 4. The lowest BCUT2D eigenvalue weighted by molar-refractivity contribution is -0.144. The van der Waals surface area contributed by atoms with Crippen LogP contribution in [0.4, 0.5) is 0 Å². The molecule has 3 aromatic carbocycles. The van der Waals surface area contributed by atoms with Crippen LogP contribution >= 0.6 is 10.9 Å². The molecule has 3 aromatic rings. The van der Waals surface area contributed by atoms with Gasteiger partial charge in [-0.25, -0.2) is 0 Å². The van der Waals surface area contributed by atoms with Crippen LogP contribution in [0.5, 0.6) is 17.2 Å². The van der Waals surface area contributed by atoms with Gasteiger partial charge < -0.3 is 9.47 Å². The molecule has 0 fully saturated rings. The summed E-state index contributed by atoms with van der Waals surface area (Å²) in [4.78, 5) is 15.9. The standard InChI is InChI=1S/C24H24O3S/c1-4-24(2,3)23(25)26-17-13-15-18(16-14-17)28-21-11-7-5-9-19(21)27-20-10-6-8-12-22(20)28/h5-16,28H,4H2,1-3H3. The van der Waals surface area contributed by atoms with Gasteiger partial charge in [0.2, 0.25) is 0 Å². The molecule has 0 saturated carbocycles. The van der Waals surface area contributed by atoms with Crippen molar-refractivity contribution in [2.24, 2.45) is 5.41 Å². The monoisotopic (exact) mass is 392 g/mol. The van der Waals surface area contributed by atoms with Crippen LogP contribution in [0.3, 0.4) is 0 Å². The van der Waals surface area contributed by atoms with Crippen LogP contribution in [0.25, 0.3) is 0 Å². The Morgan fingerprint density at radius 1 is 0.893 bits per heavy atom. The number of carbonyl (C=O) groups is 1. The van der Waals surface area contributed by atoms with Crippen molar-refractivity contribution in [1.82, 2.24) is 0 Å². The maximum Gasteiger partial charge on any atom is 0.316 e. The Morgan fingerprint density at radius 2 is 1.43 bits per heavy atom. The molecule has 0 aliphatic carbocycles. The van der Waals surface area contributed by atoms with Crippen LogP contribution in [0, 0.1) is 5.41 Å². The summed E-state index contributed by atoms with van der Waals surface area (Å²) in [5.74, 6) is 2.20. The van der Waals surface area contributed by atoms with Crippen LogP contribution in [-0.2, 0) is 4.79 Å². The topological polar surface area (TPSA) is 35.5 Å². The average molecular weight is 393 g/mol. The van der Waals surface area contributed by atoms with Crippen LogP contribution < -0.4 is 9.47 Å². The lowest BCUT2D eigenvalue weighted by Crippen LogP contribution is -2.28. The smallest absolute Gasteiger partial charge is 0.316 e. The van der Waals surface area contributed by atoms with Gasteiger partial charge in [0, 0.05) is 9.79 Å². The molecule has 144 valence electrons. The molecule has 0 unspecified atom stereocenters. The normalized spacial score (nSPS) is 13.9. The Kier molecular flexibility index (Phi) is 4.90. The van der Waals surface area contributed by atoms with E-state index in [2.05, 4.69) is 36.4 Å². The van der Waals surface area contributed by atoms with Gasteiger partial charge in [-0.2, -0.15) is 10.9 Å². The lowest BCUT2D eigenvalue weighted by atomic mass is 9.91. The van der Waals surface area contributed by atoms with Gasteiger partial charge in [-0.15, -0.1) is 0 Å². The highest BCUT2D eigenvalue weighted by Gasteiger charge is 2.28. The molecule has 0 N–H and O–H groups in total. The Hall–Kier alpha value is -2.72. The van der Waals surface area contributed by atoms with Gasteiger partial charge in [-0.1, -0.05) is 31.2 Å². The minimum atomic E-state index is -0.722. The third kappa shape index (κ3) is 3.40. The van der Waals surface area contributed by atoms with Gasteiger partial charge in [0.25, 0.3) is 0 Å². The highest BCUT2D eigenvalue weighted by Crippen LogP contribution is 2.61. The van der Waals surface area contributed by atoms with E-state index in [9.17, 15) is 4.79 Å². The van der Waals surface area contributed by atoms with E-state index >= 15 is 0 Å². The number of fused-ring (bicyclic) bond motifs is 2. The highest BCUT2D eigenvalue weighted by molar-refractivity contribution is 8.17. The second kappa shape index (κ2) is 7.36. The third-order valence-electron chi connectivity index (χ3n) is 5.17. The van der Waals surface area contributed by atoms with Gasteiger partial charge in [0.15, 0.2) is 0 Å². The SMILES string of the molecule is CCC(C)(C)C(=O)Oc1ccc([SH]2c3ccccc3Oc3ccccc32)cc1. The van der Waals surface area contributed by atoms with Gasteiger partial charge in [-0.05, 0) is 73.7 Å². The molecule has 0 spiro atoms. The van der Waals surface area contributed by atoms with E-state index in [0.29, 0.717) is 5.75 Å². The number of ether oxygens (including phenoxy) is 2. The van der Waals surface area contributed by atoms with Crippen LogP contribution in [0.2, 0.25) is 0 Å². The van der Waals surface area contributed by atoms with Crippen molar-refractivity contribution in [3.63, 3.8) is 0 Å². The summed E-state index contributed by atoms with van der Waals surface area (Å²) in [6.45, 7) is 5.80. The van der Waals surface area contributed by atoms with Crippen LogP contribution in [-0.4, -0.2) is 5.97 Å². The number of thiol groups is 1. The van der Waals surface area contributed by atoms with E-state index in [0.717, 1.165) is 17.9 Å². The van der Waals surface area contributed by atoms with Crippen LogP contribution in [0.1, 0.15) is 27.2 Å². The molecule has 0 atom stereocenters. The maximum atomic E-state index is 12.3. The summed E-state index contributed by atoms with van der Waals surface area (Å²) in [6.07, 6.45) is 0.739. The molecular weight excluding hydrogens is 368 g/mol. The van der Waals surface area contributed by atoms with Gasteiger partial charge in [0.05, 0.1) is 5.41 Å². The fourth-order valence-corrected chi connectivity index (χ4v) is 5.45. The van der Waals surface area contributed by atoms with E-state index in [4.69, 9.17) is 9.47 Å². The zero-order valence-electron chi connectivity index (χ0n) is 16.3. The van der Waals surface area contributed by atoms with E-state index < -0.39 is 16.3 Å². The van der Waals surface area contributed by atoms with Gasteiger partial charge in [-0.3, -0.25) is 4.79 Å². The van der Waals surface area contributed by atoms with E-state index in [1.807, 2.05) is 57.2 Å². The zero-order valence-corrected chi connectivity index (χ0v) is 17.2. The first kappa shape index (κ1) is 18.6. The molecule has 0 aromatic heterocycles. The summed E-state index contributed by atoms with van der Waals surface area (Å²) in [6, 6.07) is 24.3. The summed E-state index contributed by atoms with van der Waals surface area (Å²) >= 11 is 0. The van der Waals surface area contributed by atoms with E-state index in [1.165, 1.54) is 14.7 Å². The first-order chi connectivity index (χ1) is 13.5. The van der Waals surface area contributed by atoms with Crippen molar-refractivity contribution >= 4 is 16.9 Å². The molecule has 0 radical (unpaired) electrons. The molecule has 4 rings (SSSR count). The Balaban J connectivity index is 1.68. The molecular formula is C24H24O3S. The van der Waals surface area contributed by atoms with Crippen molar-refractivity contribution in [1.29, 1.82) is 0 Å². The Morgan fingerprint density at radius 3 is 1.96 bits per heavy atom. The molecule has 1 aliphatic heterocycles. The highest BCUT2D eigenvalue weighted by atomic mass is 32.2. The van der Waals surface area contributed by atoms with Crippen LogP contribution in [0.15, 0.2) is 87.5 Å². The summed E-state index contributed by atoms with van der Waals surface area (Å²) in [5.41, 5.74) is -0.485. The molecule has 1 heterocycles. The van der Waals surface area contributed by atoms with Crippen molar-refractivity contribution < 1.29 is 14.3 Å². The number of carbonyl (C=O) groups excluding carboxylic acids is 1. The predicted molar refractivity (Wildman–Crippen MR) is 113 cm³/mol. The number of hydrogen-bond acceptors (Lipinski definition) is 3. The fourth-order valence-electron chi connectivity index (χ4n) is 3.04. The molecule has 4 heteroatoms. The largest absolute Gasteiger partial charge is 0.455 e. The quantitative estimate of drug-likeness (QED) is 0.241. The predicted octanol–water partition coefficient (Wildman–Crippen LogP) is 6.61. The Labute approximate surface area is 168 Å². The van der Waals surface area contributed by atoms with E-state index in [-0.39, 0.29) is 5.97 Å². The van der Waals surface area contributed by atoms with Crippen molar-refractivity contribution in [2.75, 3.05) is 0 Å². The van der Waals surface area contributed by atoms with E-state index in [1.54, 1.807) is 0 Å². The molecule has 0 bridgehead atoms. The summed E-state index contributed by atoms with van der Waals surface area (Å²) in [7, 11) is -0.722. The molecule has 1 aliphatic rings. The minimum absolute atomic E-state index is 0.199. The first-order valence-corrected chi connectivity index (χ1v) is 10.8. The lowest BCUT2D eigenvalue weighted by Gasteiger charge is -2.31. The number of esters is 1. The third-order valence-corrected chi connectivity index (χ3v) is 7.69. The number of para-hydroxylation sites is 2. The fraction of sp³-hybridized carbons (Fsp3) is 0.208. The number of hydrogen-bond donors (Lipinski definition) is 1. The van der Waals surface area contributed by atoms with Gasteiger partial charge >= 0.3 is 5.97 Å². The first-order valence-electron chi connectivity index (χ1n) is 9.48. The summed E-state index contributed by atoms with van der Waals surface area (Å²) in [5, 5.41) is 0. The molecule has 0 amide bonds. The molecule has 28 heavy (non-hydrogen) atoms. The Bertz CT molecular complexity index is 963. The zero-order chi connectivity index (χ0) is 19.7. The number of benzene rings is 3. The second-order valence-corrected chi connectivity index (χ2v) is 9.64. The van der Waals surface area contributed by atoms with Gasteiger partial charge in [0.1, 0.15) is 17.2 Å². The summed E-state index contributed by atoms with van der Waals surface area (Å²) < 4.78 is 11.7. The second-order valence-electron chi connectivity index (χ2n) is 7.49. The minimum Gasteiger partial charge on any atom is -0.455 e. The molecule has 3 nitrogen and oxygen atoms in total.